The average molecular weight is 290 g/mol. The number of rotatable bonds is 2. The van der Waals surface area contributed by atoms with E-state index in [1.165, 1.54) is 7.11 Å². The van der Waals surface area contributed by atoms with Crippen LogP contribution in [-0.2, 0) is 4.74 Å². The van der Waals surface area contributed by atoms with Crippen molar-refractivity contribution in [3.63, 3.8) is 0 Å². The van der Waals surface area contributed by atoms with E-state index in [9.17, 15) is 9.59 Å². The van der Waals surface area contributed by atoms with Gasteiger partial charge >= 0.3 is 18.1 Å². The maximum absolute atomic E-state index is 11.9. The van der Waals surface area contributed by atoms with E-state index in [2.05, 4.69) is 14.8 Å². The number of carbonyl (C=O) groups excluding carboxylic acids is 2. The number of imide groups is 1. The van der Waals surface area contributed by atoms with Crippen molar-refractivity contribution in [3.8, 4) is 0 Å². The van der Waals surface area contributed by atoms with E-state index in [4.69, 9.17) is 5.41 Å². The highest BCUT2D eigenvalue weighted by molar-refractivity contribution is 7.99. The van der Waals surface area contributed by atoms with E-state index >= 15 is 0 Å². The molecule has 3 N–H and O–H groups in total. The van der Waals surface area contributed by atoms with Crippen LogP contribution in [0.5, 0.6) is 0 Å². The first kappa shape index (κ1) is 17.6. The van der Waals surface area contributed by atoms with Gasteiger partial charge in [-0.1, -0.05) is 0 Å². The molecule has 0 bridgehead atoms. The molecule has 110 valence electrons. The molecule has 0 aromatic rings. The number of amidine groups is 1. The molecule has 0 aliphatic carbocycles. The van der Waals surface area contributed by atoms with Crippen LogP contribution >= 0.6 is 11.9 Å². The Balaban J connectivity index is 4.80. The Kier molecular flexibility index (Phi) is 6.68. The van der Waals surface area contributed by atoms with E-state index in [0.717, 1.165) is 11.9 Å². The summed E-state index contributed by atoms with van der Waals surface area (Å²) >= 11 is 1.16. The van der Waals surface area contributed by atoms with Gasteiger partial charge in [-0.3, -0.25) is 10.1 Å². The second-order valence-corrected chi connectivity index (χ2v) is 6.70. The van der Waals surface area contributed by atoms with Crippen LogP contribution in [0, 0.1) is 5.41 Å². The van der Waals surface area contributed by atoms with Crippen molar-refractivity contribution in [1.29, 1.82) is 5.41 Å². The lowest BCUT2D eigenvalue weighted by Crippen LogP contribution is -2.52. The molecule has 0 aromatic carbocycles. The summed E-state index contributed by atoms with van der Waals surface area (Å²) in [7, 11) is 1.22. The first-order chi connectivity index (χ1) is 8.58. The highest BCUT2D eigenvalue weighted by Gasteiger charge is 2.28. The molecular formula is C11H22N4O3S. The van der Waals surface area contributed by atoms with Gasteiger partial charge in [0, 0.05) is 10.8 Å². The summed E-state index contributed by atoms with van der Waals surface area (Å²) in [5, 5.41) is 10.0. The number of hydrogen-bond acceptors (Lipinski definition) is 5. The summed E-state index contributed by atoms with van der Waals surface area (Å²) < 4.78 is 6.96. The molecule has 0 aliphatic heterocycles. The predicted molar refractivity (Wildman–Crippen MR) is 76.1 cm³/mol. The van der Waals surface area contributed by atoms with Crippen molar-refractivity contribution in [2.24, 2.45) is 0 Å². The quantitative estimate of drug-likeness (QED) is 0.412. The van der Waals surface area contributed by atoms with E-state index in [1.54, 1.807) is 13.8 Å². The van der Waals surface area contributed by atoms with E-state index in [1.807, 2.05) is 20.8 Å². The first-order valence-electron chi connectivity index (χ1n) is 5.79. The molecule has 0 aromatic heterocycles. The van der Waals surface area contributed by atoms with Crippen LogP contribution in [0.4, 0.5) is 9.59 Å². The maximum atomic E-state index is 11.9. The lowest BCUT2D eigenvalue weighted by Gasteiger charge is -2.24. The smallest absolute Gasteiger partial charge is 0.343 e. The predicted octanol–water partition coefficient (Wildman–Crippen LogP) is 2.14. The zero-order valence-corrected chi connectivity index (χ0v) is 13.0. The molecule has 0 fully saturated rings. The standard InChI is InChI=1S/C11H22N4O3S/c1-7(2)13-9(16)15(8(12)18-6)10(17)14-19-11(3,4)5/h7,12H,1-6H3,(H,13,16)(H,14,17). The largest absolute Gasteiger partial charge is 0.468 e. The molecular weight excluding hydrogens is 268 g/mol. The highest BCUT2D eigenvalue weighted by atomic mass is 32.2. The fourth-order valence-electron chi connectivity index (χ4n) is 0.922. The third kappa shape index (κ3) is 6.90. The normalized spacial score (nSPS) is 10.9. The Bertz CT molecular complexity index is 352. The molecule has 0 saturated carbocycles. The van der Waals surface area contributed by atoms with E-state index in [-0.39, 0.29) is 10.8 Å². The zero-order chi connectivity index (χ0) is 15.2. The van der Waals surface area contributed by atoms with Gasteiger partial charge in [0.2, 0.25) is 0 Å². The average Bonchev–Trinajstić information content (AvgIpc) is 2.24. The van der Waals surface area contributed by atoms with E-state index < -0.39 is 18.1 Å². The van der Waals surface area contributed by atoms with Crippen molar-refractivity contribution in [2.75, 3.05) is 7.11 Å². The van der Waals surface area contributed by atoms with Crippen LogP contribution in [0.2, 0.25) is 0 Å². The summed E-state index contributed by atoms with van der Waals surface area (Å²) in [6, 6.07) is -2.10. The second-order valence-electron chi connectivity index (χ2n) is 5.07. The Morgan fingerprint density at radius 3 is 2.16 bits per heavy atom. The summed E-state index contributed by atoms with van der Waals surface area (Å²) in [6.45, 7) is 9.26. The van der Waals surface area contributed by atoms with Crippen LogP contribution in [0.15, 0.2) is 0 Å². The Morgan fingerprint density at radius 2 is 1.79 bits per heavy atom. The fraction of sp³-hybridized carbons (Fsp3) is 0.727. The fourth-order valence-corrected chi connectivity index (χ4v) is 1.41. The third-order valence-electron chi connectivity index (χ3n) is 1.66. The number of carbonyl (C=O) groups is 2. The zero-order valence-electron chi connectivity index (χ0n) is 12.2. The van der Waals surface area contributed by atoms with Crippen LogP contribution < -0.4 is 10.0 Å². The minimum Gasteiger partial charge on any atom is -0.468 e. The second kappa shape index (κ2) is 7.22. The van der Waals surface area contributed by atoms with Gasteiger partial charge in [0.25, 0.3) is 0 Å². The Morgan fingerprint density at radius 1 is 1.26 bits per heavy atom. The molecule has 4 amide bonds. The molecule has 0 heterocycles. The van der Waals surface area contributed by atoms with Crippen LogP contribution in [-0.4, -0.2) is 40.9 Å². The molecule has 0 atom stereocenters. The van der Waals surface area contributed by atoms with Crippen molar-refractivity contribution < 1.29 is 14.3 Å². The monoisotopic (exact) mass is 290 g/mol. The molecule has 0 radical (unpaired) electrons. The SMILES string of the molecule is COC(=N)N(C(=O)NSC(C)(C)C)C(=O)NC(C)C. The minimum atomic E-state index is -0.718. The van der Waals surface area contributed by atoms with Gasteiger partial charge in [-0.15, -0.1) is 0 Å². The van der Waals surface area contributed by atoms with E-state index in [0.29, 0.717) is 4.90 Å². The number of hydrogen-bond donors (Lipinski definition) is 3. The summed E-state index contributed by atoms with van der Waals surface area (Å²) in [6.07, 6.45) is 0. The molecule has 8 heteroatoms. The van der Waals surface area contributed by atoms with Crippen LogP contribution in [0.1, 0.15) is 34.6 Å². The molecule has 19 heavy (non-hydrogen) atoms. The summed E-state index contributed by atoms with van der Waals surface area (Å²) in [4.78, 5) is 24.4. The minimum absolute atomic E-state index is 0.150. The maximum Gasteiger partial charge on any atom is 0.343 e. The van der Waals surface area contributed by atoms with Crippen molar-refractivity contribution >= 4 is 30.0 Å². The number of methoxy groups -OCH3 is 1. The number of nitrogens with one attached hydrogen (secondary N) is 3. The lowest BCUT2D eigenvalue weighted by molar-refractivity contribution is 0.196. The van der Waals surface area contributed by atoms with Crippen LogP contribution in [0.3, 0.4) is 0 Å². The Labute approximate surface area is 118 Å². The molecule has 0 rings (SSSR count). The van der Waals surface area contributed by atoms with Crippen molar-refractivity contribution in [1.82, 2.24) is 14.9 Å². The number of urea groups is 2. The van der Waals surface area contributed by atoms with Gasteiger partial charge in [-0.25, -0.2) is 9.59 Å². The number of nitrogens with zero attached hydrogens (tertiary/aromatic N) is 1. The third-order valence-corrected chi connectivity index (χ3v) is 2.55. The highest BCUT2D eigenvalue weighted by Crippen LogP contribution is 2.19. The summed E-state index contributed by atoms with van der Waals surface area (Å²) in [5.74, 6) is 0. The molecule has 0 unspecified atom stereocenters. The van der Waals surface area contributed by atoms with Gasteiger partial charge in [0.05, 0.1) is 7.11 Å². The van der Waals surface area contributed by atoms with Gasteiger partial charge in [-0.05, 0) is 46.6 Å². The first-order valence-corrected chi connectivity index (χ1v) is 6.61. The van der Waals surface area contributed by atoms with Gasteiger partial charge < -0.3 is 10.1 Å². The molecule has 0 aliphatic rings. The molecule has 0 saturated heterocycles. The number of ether oxygens (including phenoxy) is 1. The summed E-state index contributed by atoms with van der Waals surface area (Å²) in [5.41, 5.74) is 0. The molecule has 0 spiro atoms. The van der Waals surface area contributed by atoms with Gasteiger partial charge in [0.1, 0.15) is 0 Å². The lowest BCUT2D eigenvalue weighted by atomic mass is 10.3. The van der Waals surface area contributed by atoms with Gasteiger partial charge in [-0.2, -0.15) is 4.90 Å². The van der Waals surface area contributed by atoms with Crippen LogP contribution in [0.25, 0.3) is 0 Å². The number of amides is 4. The van der Waals surface area contributed by atoms with Crippen molar-refractivity contribution in [3.05, 3.63) is 0 Å². The molecule has 7 nitrogen and oxygen atoms in total. The Hall–Kier alpha value is -1.44. The van der Waals surface area contributed by atoms with Crippen molar-refractivity contribution in [2.45, 2.75) is 45.4 Å². The van der Waals surface area contributed by atoms with Gasteiger partial charge in [0.15, 0.2) is 0 Å². The topological polar surface area (TPSA) is 94.5 Å².